The van der Waals surface area contributed by atoms with E-state index in [0.29, 0.717) is 16.8 Å². The van der Waals surface area contributed by atoms with E-state index in [4.69, 9.17) is 4.74 Å². The van der Waals surface area contributed by atoms with Crippen molar-refractivity contribution in [1.82, 2.24) is 14.9 Å². The lowest BCUT2D eigenvalue weighted by Crippen LogP contribution is -2.43. The number of nitrogens with zero attached hydrogens (tertiary/aromatic N) is 2. The third-order valence-corrected chi connectivity index (χ3v) is 5.35. The molecule has 2 aromatic heterocycles. The van der Waals surface area contributed by atoms with Crippen LogP contribution >= 0.6 is 0 Å². The first kappa shape index (κ1) is 22.9. The number of halogens is 1. The van der Waals surface area contributed by atoms with Crippen molar-refractivity contribution in [3.8, 4) is 0 Å². The van der Waals surface area contributed by atoms with Crippen molar-refractivity contribution in [2.75, 3.05) is 7.11 Å². The lowest BCUT2D eigenvalue weighted by Gasteiger charge is -2.29. The normalized spacial score (nSPS) is 11.7. The van der Waals surface area contributed by atoms with E-state index in [0.717, 1.165) is 5.56 Å². The number of aromatic amines is 1. The number of Topliss-reactive ketones (excluding diaryl/α,β-unsaturated/α-hetero) is 1. The third kappa shape index (κ3) is 4.59. The molecule has 0 aliphatic heterocycles. The van der Waals surface area contributed by atoms with Gasteiger partial charge in [-0.3, -0.25) is 14.6 Å². The van der Waals surface area contributed by atoms with Crippen LogP contribution in [0, 0.1) is 19.7 Å². The molecule has 1 amide bonds. The summed E-state index contributed by atoms with van der Waals surface area (Å²) < 4.78 is 18.1. The Labute approximate surface area is 185 Å². The van der Waals surface area contributed by atoms with Gasteiger partial charge in [0.15, 0.2) is 5.78 Å². The molecule has 3 rings (SSSR count). The van der Waals surface area contributed by atoms with E-state index in [1.54, 1.807) is 45.3 Å². The van der Waals surface area contributed by atoms with Crippen LogP contribution < -0.4 is 0 Å². The second-order valence-electron chi connectivity index (χ2n) is 7.46. The molecule has 1 aromatic carbocycles. The van der Waals surface area contributed by atoms with Crippen molar-refractivity contribution in [2.45, 2.75) is 33.4 Å². The van der Waals surface area contributed by atoms with Crippen LogP contribution in [0.3, 0.4) is 0 Å². The lowest BCUT2D eigenvalue weighted by atomic mass is 9.99. The van der Waals surface area contributed by atoms with E-state index in [9.17, 15) is 18.8 Å². The minimum Gasteiger partial charge on any atom is -0.464 e. The van der Waals surface area contributed by atoms with Gasteiger partial charge in [-0.05, 0) is 62.2 Å². The highest BCUT2D eigenvalue weighted by atomic mass is 19.1. The summed E-state index contributed by atoms with van der Waals surface area (Å²) >= 11 is 0. The summed E-state index contributed by atoms with van der Waals surface area (Å²) in [6, 6.07) is 7.84. The molecule has 0 aliphatic carbocycles. The number of methoxy groups -OCH3 is 1. The van der Waals surface area contributed by atoms with Crippen molar-refractivity contribution >= 4 is 17.7 Å². The highest BCUT2D eigenvalue weighted by Crippen LogP contribution is 2.23. The second kappa shape index (κ2) is 9.55. The summed E-state index contributed by atoms with van der Waals surface area (Å²) in [6.45, 7) is 5.10. The number of esters is 1. The van der Waals surface area contributed by atoms with Crippen molar-refractivity contribution < 1.29 is 23.5 Å². The summed E-state index contributed by atoms with van der Waals surface area (Å²) in [5.41, 5.74) is 2.50. The largest absolute Gasteiger partial charge is 0.464 e. The predicted octanol–water partition coefficient (Wildman–Crippen LogP) is 3.87. The van der Waals surface area contributed by atoms with Gasteiger partial charge in [-0.1, -0.05) is 6.07 Å². The van der Waals surface area contributed by atoms with E-state index >= 15 is 0 Å². The molecule has 0 spiro atoms. The van der Waals surface area contributed by atoms with Crippen molar-refractivity contribution in [1.29, 1.82) is 0 Å². The minimum atomic E-state index is -0.869. The van der Waals surface area contributed by atoms with Crippen LogP contribution in [0.5, 0.6) is 0 Å². The molecule has 166 valence electrons. The molecule has 0 unspecified atom stereocenters. The first-order chi connectivity index (χ1) is 15.2. The van der Waals surface area contributed by atoms with Gasteiger partial charge in [0.05, 0.1) is 13.2 Å². The Morgan fingerprint density at radius 2 is 1.84 bits per heavy atom. The van der Waals surface area contributed by atoms with Gasteiger partial charge in [0.1, 0.15) is 11.5 Å². The average Bonchev–Trinajstić information content (AvgIpc) is 3.10. The molecule has 32 heavy (non-hydrogen) atoms. The van der Waals surface area contributed by atoms with Crippen LogP contribution in [0.15, 0.2) is 48.8 Å². The number of ether oxygens (including phenoxy) is 1. The molecule has 0 bridgehead atoms. The molecule has 0 saturated carbocycles. The number of benzene rings is 1. The fourth-order valence-electron chi connectivity index (χ4n) is 3.61. The number of aryl methyl sites for hydroxylation is 1. The highest BCUT2D eigenvalue weighted by molar-refractivity contribution is 6.07. The number of pyridine rings is 1. The molecule has 2 heterocycles. The summed E-state index contributed by atoms with van der Waals surface area (Å²) in [7, 11) is 1.26. The summed E-state index contributed by atoms with van der Waals surface area (Å²) in [5.74, 6) is -1.79. The molecule has 0 saturated heterocycles. The number of hydrogen-bond donors (Lipinski definition) is 1. The third-order valence-electron chi connectivity index (χ3n) is 5.35. The summed E-state index contributed by atoms with van der Waals surface area (Å²) in [6.07, 6.45) is 3.23. The van der Waals surface area contributed by atoms with Crippen LogP contribution in [-0.4, -0.2) is 45.7 Å². The molecule has 1 N–H and O–H groups in total. The Hall–Kier alpha value is -3.81. The molecule has 0 fully saturated rings. The van der Waals surface area contributed by atoms with E-state index in [-0.39, 0.29) is 23.6 Å². The smallest absolute Gasteiger partial charge is 0.354 e. The number of ketones is 1. The summed E-state index contributed by atoms with van der Waals surface area (Å²) in [5, 5.41) is 0. The second-order valence-corrected chi connectivity index (χ2v) is 7.46. The number of aromatic nitrogens is 2. The zero-order chi connectivity index (χ0) is 23.4. The number of H-pyrrole nitrogens is 1. The van der Waals surface area contributed by atoms with Gasteiger partial charge >= 0.3 is 5.97 Å². The van der Waals surface area contributed by atoms with Gasteiger partial charge in [0, 0.05) is 35.8 Å². The zero-order valence-electron chi connectivity index (χ0n) is 18.3. The number of nitrogens with one attached hydrogen (secondary N) is 1. The number of rotatable bonds is 7. The molecule has 1 atom stereocenters. The topological polar surface area (TPSA) is 92.4 Å². The maximum absolute atomic E-state index is 13.5. The number of hydrogen-bond acceptors (Lipinski definition) is 5. The first-order valence-electron chi connectivity index (χ1n) is 10.0. The van der Waals surface area contributed by atoms with Gasteiger partial charge in [-0.15, -0.1) is 0 Å². The SMILES string of the molecule is COC(=O)c1[nH]c(C)c(C(=O)[C@@H](C)N(Cc2cccnc2)C(=O)c2ccc(F)cc2)c1C. The standard InChI is InChI=1S/C24H24FN3O4/c1-14-20(15(2)27-21(14)24(31)32-4)22(29)16(3)28(13-17-6-5-11-26-12-17)23(30)18-7-9-19(25)10-8-18/h5-12,16,27H,13H2,1-4H3/t16-/m1/s1. The molecule has 0 aliphatic rings. The Kier molecular flexibility index (Phi) is 6.82. The van der Waals surface area contributed by atoms with Crippen LogP contribution in [-0.2, 0) is 11.3 Å². The molecule has 0 radical (unpaired) electrons. The monoisotopic (exact) mass is 437 g/mol. The number of carbonyl (C=O) groups excluding carboxylic acids is 3. The number of carbonyl (C=O) groups is 3. The number of amides is 1. The Bertz CT molecular complexity index is 1140. The molecule has 3 aromatic rings. The fourth-order valence-corrected chi connectivity index (χ4v) is 3.61. The Morgan fingerprint density at radius 1 is 1.16 bits per heavy atom. The minimum absolute atomic E-state index is 0.128. The quantitative estimate of drug-likeness (QED) is 0.448. The van der Waals surface area contributed by atoms with Crippen molar-refractivity contribution in [3.63, 3.8) is 0 Å². The van der Waals surface area contributed by atoms with E-state index < -0.39 is 23.7 Å². The van der Waals surface area contributed by atoms with Crippen molar-refractivity contribution in [3.05, 3.63) is 88.3 Å². The van der Waals surface area contributed by atoms with Crippen LogP contribution in [0.2, 0.25) is 0 Å². The van der Waals surface area contributed by atoms with E-state index in [1.165, 1.54) is 36.3 Å². The van der Waals surface area contributed by atoms with Gasteiger partial charge in [0.2, 0.25) is 0 Å². The Balaban J connectivity index is 1.99. The average molecular weight is 437 g/mol. The van der Waals surface area contributed by atoms with Crippen LogP contribution in [0.4, 0.5) is 4.39 Å². The zero-order valence-corrected chi connectivity index (χ0v) is 18.3. The maximum atomic E-state index is 13.5. The highest BCUT2D eigenvalue weighted by Gasteiger charge is 2.32. The molecule has 7 nitrogen and oxygen atoms in total. The van der Waals surface area contributed by atoms with Gasteiger partial charge in [-0.2, -0.15) is 0 Å². The van der Waals surface area contributed by atoms with Crippen LogP contribution in [0.1, 0.15) is 54.9 Å². The molecular weight excluding hydrogens is 413 g/mol. The van der Waals surface area contributed by atoms with Gasteiger partial charge in [0.25, 0.3) is 5.91 Å². The molecule has 8 heteroatoms. The molecular formula is C24H24FN3O4. The van der Waals surface area contributed by atoms with E-state index in [1.807, 2.05) is 0 Å². The first-order valence-corrected chi connectivity index (χ1v) is 10.0. The van der Waals surface area contributed by atoms with Gasteiger partial charge < -0.3 is 14.6 Å². The van der Waals surface area contributed by atoms with Crippen molar-refractivity contribution in [2.24, 2.45) is 0 Å². The maximum Gasteiger partial charge on any atom is 0.354 e. The predicted molar refractivity (Wildman–Crippen MR) is 116 cm³/mol. The van der Waals surface area contributed by atoms with E-state index in [2.05, 4.69) is 9.97 Å². The van der Waals surface area contributed by atoms with Gasteiger partial charge in [-0.25, -0.2) is 9.18 Å². The fraction of sp³-hybridized carbons (Fsp3) is 0.250. The lowest BCUT2D eigenvalue weighted by molar-refractivity contribution is 0.0592. The summed E-state index contributed by atoms with van der Waals surface area (Å²) in [4.78, 5) is 47.2. The van der Waals surface area contributed by atoms with Crippen LogP contribution in [0.25, 0.3) is 0 Å². The Morgan fingerprint density at radius 3 is 2.44 bits per heavy atom.